The number of amides is 1. The van der Waals surface area contributed by atoms with E-state index in [0.29, 0.717) is 11.0 Å². The monoisotopic (exact) mass is 327 g/mol. The van der Waals surface area contributed by atoms with Gasteiger partial charge in [0.2, 0.25) is 0 Å². The Morgan fingerprint density at radius 2 is 2.26 bits per heavy atom. The lowest BCUT2D eigenvalue weighted by Gasteiger charge is -2.24. The number of carbonyl (C=O) groups excluding carboxylic acids is 1. The maximum Gasteiger partial charge on any atom is 0.271 e. The summed E-state index contributed by atoms with van der Waals surface area (Å²) in [6.45, 7) is 3.52. The third kappa shape index (κ3) is 3.30. The van der Waals surface area contributed by atoms with E-state index >= 15 is 0 Å². The Kier molecular flexibility index (Phi) is 3.86. The fourth-order valence-corrected chi connectivity index (χ4v) is 2.56. The molecule has 102 valence electrons. The molecular weight excluding hydrogens is 314 g/mol. The van der Waals surface area contributed by atoms with Crippen molar-refractivity contribution in [3.8, 4) is 0 Å². The standard InChI is InChI=1S/C12H14BrN3O3/c1-12(2-3-14-7-12)15-11(17)8-4-9(13)6-10(5-8)16(18)19/h4-6,14H,2-3,7H2,1H3,(H,15,17). The molecule has 0 aliphatic carbocycles. The van der Waals surface area contributed by atoms with Gasteiger partial charge in [0.15, 0.2) is 0 Å². The fourth-order valence-electron chi connectivity index (χ4n) is 2.08. The van der Waals surface area contributed by atoms with Crippen LogP contribution in [0.1, 0.15) is 23.7 Å². The number of carbonyl (C=O) groups is 1. The average Bonchev–Trinajstić information content (AvgIpc) is 2.74. The summed E-state index contributed by atoms with van der Waals surface area (Å²) in [6.07, 6.45) is 0.842. The van der Waals surface area contributed by atoms with E-state index in [1.54, 1.807) is 6.07 Å². The molecule has 1 fully saturated rings. The first-order valence-electron chi connectivity index (χ1n) is 5.88. The highest BCUT2D eigenvalue weighted by Gasteiger charge is 2.30. The fraction of sp³-hybridized carbons (Fsp3) is 0.417. The van der Waals surface area contributed by atoms with E-state index in [1.807, 2.05) is 6.92 Å². The minimum absolute atomic E-state index is 0.103. The van der Waals surface area contributed by atoms with Crippen LogP contribution >= 0.6 is 15.9 Å². The molecule has 6 nitrogen and oxygen atoms in total. The molecule has 0 spiro atoms. The van der Waals surface area contributed by atoms with Crippen molar-refractivity contribution in [2.75, 3.05) is 13.1 Å². The Bertz CT molecular complexity index is 527. The number of benzene rings is 1. The molecule has 0 saturated carbocycles. The highest BCUT2D eigenvalue weighted by Crippen LogP contribution is 2.22. The zero-order valence-corrected chi connectivity index (χ0v) is 12.0. The Balaban J connectivity index is 2.21. The van der Waals surface area contributed by atoms with Crippen molar-refractivity contribution >= 4 is 27.5 Å². The molecule has 1 saturated heterocycles. The number of rotatable bonds is 3. The molecule has 2 rings (SSSR count). The van der Waals surface area contributed by atoms with Crippen LogP contribution in [0.25, 0.3) is 0 Å². The molecule has 1 aliphatic rings. The van der Waals surface area contributed by atoms with Gasteiger partial charge in [0.25, 0.3) is 11.6 Å². The van der Waals surface area contributed by atoms with E-state index in [2.05, 4.69) is 26.6 Å². The third-order valence-corrected chi connectivity index (χ3v) is 3.60. The molecule has 1 amide bonds. The molecule has 1 aromatic carbocycles. The van der Waals surface area contributed by atoms with Gasteiger partial charge in [-0.1, -0.05) is 15.9 Å². The third-order valence-electron chi connectivity index (χ3n) is 3.14. The second-order valence-corrected chi connectivity index (χ2v) is 5.81. The van der Waals surface area contributed by atoms with Gasteiger partial charge in [-0.25, -0.2) is 0 Å². The summed E-state index contributed by atoms with van der Waals surface area (Å²) >= 11 is 3.18. The number of hydrogen-bond acceptors (Lipinski definition) is 4. The molecule has 1 aliphatic heterocycles. The maximum atomic E-state index is 12.2. The van der Waals surface area contributed by atoms with Crippen LogP contribution in [-0.2, 0) is 0 Å². The minimum atomic E-state index is -0.514. The smallest absolute Gasteiger partial charge is 0.271 e. The highest BCUT2D eigenvalue weighted by molar-refractivity contribution is 9.10. The van der Waals surface area contributed by atoms with Gasteiger partial charge in [-0.15, -0.1) is 0 Å². The zero-order valence-electron chi connectivity index (χ0n) is 10.4. The summed E-state index contributed by atoms with van der Waals surface area (Å²) in [6, 6.07) is 4.23. The SMILES string of the molecule is CC1(NC(=O)c2cc(Br)cc([N+](=O)[O-])c2)CCNC1. The lowest BCUT2D eigenvalue weighted by molar-refractivity contribution is -0.385. The van der Waals surface area contributed by atoms with Crippen molar-refractivity contribution in [2.45, 2.75) is 18.9 Å². The van der Waals surface area contributed by atoms with Crippen molar-refractivity contribution in [3.05, 3.63) is 38.3 Å². The molecular formula is C12H14BrN3O3. The Morgan fingerprint density at radius 1 is 1.53 bits per heavy atom. The van der Waals surface area contributed by atoms with Crippen molar-refractivity contribution in [1.29, 1.82) is 0 Å². The first kappa shape index (κ1) is 14.0. The summed E-state index contributed by atoms with van der Waals surface area (Å²) in [4.78, 5) is 22.4. The number of hydrogen-bond donors (Lipinski definition) is 2. The molecule has 1 unspecified atom stereocenters. The van der Waals surface area contributed by atoms with Crippen molar-refractivity contribution in [3.63, 3.8) is 0 Å². The van der Waals surface area contributed by atoms with Gasteiger partial charge in [-0.3, -0.25) is 14.9 Å². The summed E-state index contributed by atoms with van der Waals surface area (Å²) in [5.41, 5.74) is -0.114. The number of non-ortho nitro benzene ring substituents is 1. The average molecular weight is 328 g/mol. The zero-order chi connectivity index (χ0) is 14.0. The van der Waals surface area contributed by atoms with Crippen molar-refractivity contribution in [2.24, 2.45) is 0 Å². The van der Waals surface area contributed by atoms with Crippen molar-refractivity contribution < 1.29 is 9.72 Å². The van der Waals surface area contributed by atoms with Gasteiger partial charge in [0, 0.05) is 28.7 Å². The van der Waals surface area contributed by atoms with Crippen LogP contribution < -0.4 is 10.6 Å². The van der Waals surface area contributed by atoms with Gasteiger partial charge in [0.1, 0.15) is 0 Å². The summed E-state index contributed by atoms with van der Waals surface area (Å²) < 4.78 is 0.515. The molecule has 2 N–H and O–H groups in total. The van der Waals surface area contributed by atoms with Gasteiger partial charge in [0.05, 0.1) is 10.5 Å². The first-order chi connectivity index (χ1) is 8.89. The predicted molar refractivity (Wildman–Crippen MR) is 74.2 cm³/mol. The Labute approximate surface area is 118 Å². The molecule has 0 aromatic heterocycles. The second kappa shape index (κ2) is 5.26. The number of nitro benzene ring substituents is 1. The Hall–Kier alpha value is -1.47. The van der Waals surface area contributed by atoms with Gasteiger partial charge in [-0.2, -0.15) is 0 Å². The van der Waals surface area contributed by atoms with Crippen molar-refractivity contribution in [1.82, 2.24) is 10.6 Å². The van der Waals surface area contributed by atoms with E-state index in [0.717, 1.165) is 13.0 Å². The maximum absolute atomic E-state index is 12.2. The molecule has 1 heterocycles. The number of halogens is 1. The minimum Gasteiger partial charge on any atom is -0.346 e. The normalized spacial score (nSPS) is 22.2. The lowest BCUT2D eigenvalue weighted by atomic mass is 10.0. The number of nitro groups is 1. The number of nitrogens with one attached hydrogen (secondary N) is 2. The summed E-state index contributed by atoms with van der Waals surface area (Å²) in [5, 5.41) is 16.9. The Morgan fingerprint density at radius 3 is 2.84 bits per heavy atom. The van der Waals surface area contributed by atoms with E-state index < -0.39 is 4.92 Å². The summed E-state index contributed by atoms with van der Waals surface area (Å²) in [5.74, 6) is -0.296. The van der Waals surface area contributed by atoms with E-state index in [-0.39, 0.29) is 22.7 Å². The highest BCUT2D eigenvalue weighted by atomic mass is 79.9. The van der Waals surface area contributed by atoms with Crippen LogP contribution in [0, 0.1) is 10.1 Å². The molecule has 19 heavy (non-hydrogen) atoms. The van der Waals surface area contributed by atoms with Crippen LogP contribution in [-0.4, -0.2) is 29.5 Å². The second-order valence-electron chi connectivity index (χ2n) is 4.90. The van der Waals surface area contributed by atoms with E-state index in [4.69, 9.17) is 0 Å². The van der Waals surface area contributed by atoms with Gasteiger partial charge in [-0.05, 0) is 26.0 Å². The van der Waals surface area contributed by atoms with Gasteiger partial charge < -0.3 is 10.6 Å². The van der Waals surface area contributed by atoms with Crippen LogP contribution in [0.3, 0.4) is 0 Å². The first-order valence-corrected chi connectivity index (χ1v) is 6.67. The molecule has 0 bridgehead atoms. The molecule has 1 atom stereocenters. The summed E-state index contributed by atoms with van der Waals surface area (Å²) in [7, 11) is 0. The number of nitrogens with zero attached hydrogens (tertiary/aromatic N) is 1. The largest absolute Gasteiger partial charge is 0.346 e. The topological polar surface area (TPSA) is 84.3 Å². The predicted octanol–water partition coefficient (Wildman–Crippen LogP) is 1.84. The molecule has 0 radical (unpaired) electrons. The van der Waals surface area contributed by atoms with E-state index in [1.165, 1.54) is 12.1 Å². The molecule has 7 heteroatoms. The van der Waals surface area contributed by atoms with Crippen LogP contribution in [0.15, 0.2) is 22.7 Å². The quantitative estimate of drug-likeness (QED) is 0.655. The van der Waals surface area contributed by atoms with E-state index in [9.17, 15) is 14.9 Å². The lowest BCUT2D eigenvalue weighted by Crippen LogP contribution is -2.47. The van der Waals surface area contributed by atoms with Crippen LogP contribution in [0.2, 0.25) is 0 Å². The van der Waals surface area contributed by atoms with Crippen LogP contribution in [0.4, 0.5) is 5.69 Å². The van der Waals surface area contributed by atoms with Gasteiger partial charge >= 0.3 is 0 Å². The molecule has 1 aromatic rings. The van der Waals surface area contributed by atoms with Crippen LogP contribution in [0.5, 0.6) is 0 Å².